The molecule has 0 radical (unpaired) electrons. The fourth-order valence-electron chi connectivity index (χ4n) is 4.93. The smallest absolute Gasteiger partial charge is 0.322 e. The molecule has 1 fully saturated rings. The molecule has 1 aliphatic rings. The summed E-state index contributed by atoms with van der Waals surface area (Å²) in [5.41, 5.74) is 0.789. The van der Waals surface area contributed by atoms with Gasteiger partial charge in [-0.3, -0.25) is 14.6 Å². The van der Waals surface area contributed by atoms with Crippen LogP contribution in [0.15, 0.2) is 83.9 Å². The molecule has 2 aromatic carbocycles. The quantitative estimate of drug-likeness (QED) is 0.485. The van der Waals surface area contributed by atoms with Crippen LogP contribution in [0.2, 0.25) is 0 Å². The Bertz CT molecular complexity index is 1320. The van der Waals surface area contributed by atoms with Crippen molar-refractivity contribution in [3.8, 4) is 11.8 Å². The predicted molar refractivity (Wildman–Crippen MR) is 127 cm³/mol. The minimum atomic E-state index is -0.694. The highest BCUT2D eigenvalue weighted by molar-refractivity contribution is 5.35. The number of aromatic nitrogens is 4. The monoisotopic (exact) mass is 459 g/mol. The van der Waals surface area contributed by atoms with Gasteiger partial charge < -0.3 is 9.64 Å². The van der Waals surface area contributed by atoms with Crippen molar-refractivity contribution >= 4 is 0 Å². The first-order valence-corrected chi connectivity index (χ1v) is 11.3. The number of hydrogen-bond donors (Lipinski definition) is 1. The summed E-state index contributed by atoms with van der Waals surface area (Å²) in [5, 5.41) is 2.96. The first-order valence-electron chi connectivity index (χ1n) is 11.3. The summed E-state index contributed by atoms with van der Waals surface area (Å²) in [6.07, 6.45) is 4.13. The molecule has 34 heavy (non-hydrogen) atoms. The highest BCUT2D eigenvalue weighted by Crippen LogP contribution is 2.47. The summed E-state index contributed by atoms with van der Waals surface area (Å²) in [6, 6.07) is 19.7. The van der Waals surface area contributed by atoms with Gasteiger partial charge in [-0.15, -0.1) is 0 Å². The van der Waals surface area contributed by atoms with Crippen LogP contribution in [0, 0.1) is 5.82 Å². The Morgan fingerprint density at radius 2 is 1.85 bits per heavy atom. The highest BCUT2D eigenvalue weighted by Gasteiger charge is 2.49. The average Bonchev–Trinajstić information content (AvgIpc) is 3.28. The molecular formula is C26H26FN5O2. The molecule has 0 aliphatic carbocycles. The second-order valence-corrected chi connectivity index (χ2v) is 8.82. The van der Waals surface area contributed by atoms with Gasteiger partial charge in [0.1, 0.15) is 11.6 Å². The molecule has 0 spiro atoms. The summed E-state index contributed by atoms with van der Waals surface area (Å²) >= 11 is 0. The van der Waals surface area contributed by atoms with Crippen LogP contribution in [-0.4, -0.2) is 44.3 Å². The topological polar surface area (TPSA) is 76.0 Å². The van der Waals surface area contributed by atoms with Crippen LogP contribution in [-0.2, 0) is 5.54 Å². The normalized spacial score (nSPS) is 23.0. The number of hydrogen-bond acceptors (Lipinski definition) is 5. The van der Waals surface area contributed by atoms with Crippen LogP contribution in [0.1, 0.15) is 30.5 Å². The summed E-state index contributed by atoms with van der Waals surface area (Å²) < 4.78 is 21.7. The minimum absolute atomic E-state index is 0.177. The van der Waals surface area contributed by atoms with Crippen molar-refractivity contribution in [2.45, 2.75) is 30.8 Å². The van der Waals surface area contributed by atoms with E-state index in [2.05, 4.69) is 29.0 Å². The van der Waals surface area contributed by atoms with E-state index in [1.807, 2.05) is 41.1 Å². The molecular weight excluding hydrogens is 433 g/mol. The van der Waals surface area contributed by atoms with Crippen molar-refractivity contribution in [1.82, 2.24) is 24.6 Å². The van der Waals surface area contributed by atoms with E-state index >= 15 is 0 Å². The molecule has 0 amide bonds. The van der Waals surface area contributed by atoms with Crippen LogP contribution < -0.4 is 10.3 Å². The zero-order chi connectivity index (χ0) is 23.7. The van der Waals surface area contributed by atoms with E-state index in [4.69, 9.17) is 9.72 Å². The molecule has 8 heteroatoms. The van der Waals surface area contributed by atoms with Gasteiger partial charge in [0.25, 0.3) is 5.56 Å². The zero-order valence-corrected chi connectivity index (χ0v) is 19.1. The molecule has 3 heterocycles. The fraction of sp³-hybridized carbons (Fsp3) is 0.269. The number of ether oxygens (including phenoxy) is 1. The second kappa shape index (κ2) is 8.87. The number of halogens is 1. The summed E-state index contributed by atoms with van der Waals surface area (Å²) in [6.45, 7) is 2.82. The summed E-state index contributed by atoms with van der Waals surface area (Å²) in [7, 11) is 2.08. The summed E-state index contributed by atoms with van der Waals surface area (Å²) in [5.74, 6) is 0.162. The van der Waals surface area contributed by atoms with Crippen LogP contribution in [0.3, 0.4) is 0 Å². The third-order valence-electron chi connectivity index (χ3n) is 6.75. The largest absolute Gasteiger partial charge is 0.424 e. The van der Waals surface area contributed by atoms with E-state index < -0.39 is 5.54 Å². The lowest BCUT2D eigenvalue weighted by Gasteiger charge is -2.50. The molecule has 0 saturated carbocycles. The van der Waals surface area contributed by atoms with Crippen molar-refractivity contribution in [1.29, 1.82) is 0 Å². The van der Waals surface area contributed by atoms with E-state index in [9.17, 15) is 9.18 Å². The standard InChI is InChI=1S/C26H26FN5O2/c1-18-16-26(32-15-13-24(33)30-32,19-8-10-20(27)11-9-19)22(17-31(18)2)23-12-14-28-25(29-23)34-21-6-4-3-5-7-21/h3-15,18,22H,16-17H2,1-2H3,(H,30,33). The average molecular weight is 460 g/mol. The van der Waals surface area contributed by atoms with Gasteiger partial charge in [0.2, 0.25) is 0 Å². The molecule has 4 aromatic rings. The first-order chi connectivity index (χ1) is 16.5. The van der Waals surface area contributed by atoms with E-state index in [-0.39, 0.29) is 29.3 Å². The lowest BCUT2D eigenvalue weighted by Crippen LogP contribution is -2.55. The Morgan fingerprint density at radius 1 is 1.09 bits per heavy atom. The van der Waals surface area contributed by atoms with E-state index in [1.165, 1.54) is 18.2 Å². The number of H-pyrrole nitrogens is 1. The van der Waals surface area contributed by atoms with Crippen LogP contribution in [0.25, 0.3) is 0 Å². The molecule has 0 bridgehead atoms. The maximum absolute atomic E-state index is 13.9. The van der Waals surface area contributed by atoms with Gasteiger partial charge in [-0.05, 0) is 56.3 Å². The molecule has 1 aliphatic heterocycles. The van der Waals surface area contributed by atoms with Gasteiger partial charge in [-0.2, -0.15) is 4.98 Å². The third kappa shape index (κ3) is 4.01. The number of piperidine rings is 1. The SMILES string of the molecule is CC1CC(c2ccc(F)cc2)(n2ccc(=O)[nH]2)C(c2ccnc(Oc3ccccc3)n2)CN1C. The van der Waals surface area contributed by atoms with Crippen LogP contribution in [0.5, 0.6) is 11.8 Å². The highest BCUT2D eigenvalue weighted by atomic mass is 19.1. The van der Waals surface area contributed by atoms with Gasteiger partial charge in [0.05, 0.1) is 11.2 Å². The number of nitrogens with one attached hydrogen (secondary N) is 1. The lowest BCUT2D eigenvalue weighted by atomic mass is 9.69. The molecule has 1 N–H and O–H groups in total. The van der Waals surface area contributed by atoms with Crippen molar-refractivity contribution < 1.29 is 9.13 Å². The number of likely N-dealkylation sites (N-methyl/N-ethyl adjacent to an activating group) is 1. The second-order valence-electron chi connectivity index (χ2n) is 8.82. The van der Waals surface area contributed by atoms with Crippen LogP contribution >= 0.6 is 0 Å². The minimum Gasteiger partial charge on any atom is -0.424 e. The van der Waals surface area contributed by atoms with Gasteiger partial charge >= 0.3 is 6.01 Å². The molecule has 174 valence electrons. The Hall–Kier alpha value is -3.78. The fourth-order valence-corrected chi connectivity index (χ4v) is 4.93. The first kappa shape index (κ1) is 22.0. The molecule has 5 rings (SSSR count). The number of benzene rings is 2. The molecule has 3 unspecified atom stereocenters. The maximum atomic E-state index is 13.9. The number of para-hydroxylation sites is 1. The number of nitrogens with zero attached hydrogens (tertiary/aromatic N) is 4. The zero-order valence-electron chi connectivity index (χ0n) is 19.1. The molecule has 7 nitrogen and oxygen atoms in total. The van der Waals surface area contributed by atoms with Gasteiger partial charge in [0.15, 0.2) is 0 Å². The number of likely N-dealkylation sites (tertiary alicyclic amines) is 1. The molecule has 3 atom stereocenters. The predicted octanol–water partition coefficient (Wildman–Crippen LogP) is 4.15. The Kier molecular flexibility index (Phi) is 5.75. The molecule has 1 saturated heterocycles. The lowest BCUT2D eigenvalue weighted by molar-refractivity contribution is 0.0735. The van der Waals surface area contributed by atoms with Gasteiger partial charge in [-0.25, -0.2) is 9.37 Å². The van der Waals surface area contributed by atoms with E-state index in [1.54, 1.807) is 24.5 Å². The van der Waals surface area contributed by atoms with Gasteiger partial charge in [0, 0.05) is 37.0 Å². The Balaban J connectivity index is 1.66. The van der Waals surface area contributed by atoms with Crippen LogP contribution in [0.4, 0.5) is 4.39 Å². The Morgan fingerprint density at radius 3 is 2.56 bits per heavy atom. The third-order valence-corrected chi connectivity index (χ3v) is 6.75. The van der Waals surface area contributed by atoms with Gasteiger partial charge in [-0.1, -0.05) is 30.3 Å². The van der Waals surface area contributed by atoms with Crippen molar-refractivity contribution in [3.63, 3.8) is 0 Å². The van der Waals surface area contributed by atoms with E-state index in [0.717, 1.165) is 11.3 Å². The molecule has 2 aromatic heterocycles. The van der Waals surface area contributed by atoms with E-state index in [0.29, 0.717) is 18.7 Å². The van der Waals surface area contributed by atoms with Crippen molar-refractivity contribution in [3.05, 3.63) is 107 Å². The van der Waals surface area contributed by atoms with Crippen molar-refractivity contribution in [2.24, 2.45) is 0 Å². The van der Waals surface area contributed by atoms with Crippen molar-refractivity contribution in [2.75, 3.05) is 13.6 Å². The summed E-state index contributed by atoms with van der Waals surface area (Å²) in [4.78, 5) is 23.6. The number of rotatable bonds is 5. The number of aromatic amines is 1. The Labute approximate surface area is 196 Å². The maximum Gasteiger partial charge on any atom is 0.322 e.